The average Bonchev–Trinajstić information content (AvgIpc) is 3.84. The topological polar surface area (TPSA) is 276 Å². The Morgan fingerprint density at radius 3 is 1.23 bits per heavy atom. The molecule has 0 aromatic heterocycles. The van der Waals surface area contributed by atoms with E-state index in [9.17, 15) is 28.8 Å². The number of carbonyl (C=O) groups excluding carboxylic acids is 4. The van der Waals surface area contributed by atoms with Gasteiger partial charge in [-0.1, -0.05) is 131 Å². The minimum atomic E-state index is -1.02. The number of aliphatic carboxylic acids is 2. The Labute approximate surface area is 514 Å². The molecule has 6 saturated carbocycles. The van der Waals surface area contributed by atoms with Crippen molar-refractivity contribution in [3.63, 3.8) is 0 Å². The third kappa shape index (κ3) is 17.4. The van der Waals surface area contributed by atoms with Crippen LogP contribution in [0, 0.1) is 92.7 Å². The van der Waals surface area contributed by atoms with Crippen LogP contribution in [0.2, 0.25) is 0 Å². The second kappa shape index (κ2) is 31.4. The summed E-state index contributed by atoms with van der Waals surface area (Å²) in [5.74, 6) is 6.85. The summed E-state index contributed by atoms with van der Waals surface area (Å²) in [6, 6.07) is 0. The van der Waals surface area contributed by atoms with Crippen molar-refractivity contribution in [2.24, 2.45) is 92.7 Å². The van der Waals surface area contributed by atoms with Crippen molar-refractivity contribution in [2.75, 3.05) is 13.3 Å². The number of carboxylic acid groups (broad SMARTS) is 2. The maximum absolute atomic E-state index is 12.4. The molecule has 16 atom stereocenters. The summed E-state index contributed by atoms with van der Waals surface area (Å²) in [5, 5.41) is 27.5. The predicted octanol–water partition coefficient (Wildman–Crippen LogP) is 15.6. The first-order valence-electron chi connectivity index (χ1n) is 32.1. The first-order chi connectivity index (χ1) is 37.9. The normalized spacial score (nSPS) is 34.3. The van der Waals surface area contributed by atoms with Gasteiger partial charge >= 0.3 is 45.2 Å². The van der Waals surface area contributed by atoms with Gasteiger partial charge in [-0.3, -0.25) is 19.2 Å². The standard InChI is InChI=1S/2C33H54N2O5.2H2N.Pt/c2*1-21(2)7-6-8-22(3)26-11-12-27-25-10-9-23-19-24(15-17-32(23,4)28(25)16-18-33(26,27)5)40-31(39)35-20-34-29(36)13-14-30(37)38;;;/h2*9,21-22,24-28H,6-8,10-20H2,1-5H3,(H,34,36)(H,35,39)(H,37,38);2*1H2;/q;;2*-1;+2/t2*22-,24+,25?,26-,27?,28?,32+,33-;;;/m10.../s1. The Hall–Kier alpha value is -3.49. The van der Waals surface area contributed by atoms with Crippen molar-refractivity contribution >= 4 is 35.9 Å². The summed E-state index contributed by atoms with van der Waals surface area (Å²) >= 11 is 0. The van der Waals surface area contributed by atoms with E-state index >= 15 is 0 Å². The van der Waals surface area contributed by atoms with Crippen molar-refractivity contribution < 1.29 is 69.5 Å². The molecule has 0 aliphatic heterocycles. The number of hydrogen-bond donors (Lipinski definition) is 6. The molecule has 83 heavy (non-hydrogen) atoms. The first-order valence-corrected chi connectivity index (χ1v) is 32.1. The van der Waals surface area contributed by atoms with Crippen molar-refractivity contribution in [3.05, 3.63) is 35.6 Å². The van der Waals surface area contributed by atoms with Gasteiger partial charge in [-0.2, -0.15) is 0 Å². The number of alkyl carbamates (subject to hydrolysis) is 2. The number of carbonyl (C=O) groups is 6. The molecule has 8 aliphatic carbocycles. The van der Waals surface area contributed by atoms with Gasteiger partial charge < -0.3 is 53.3 Å². The Bertz CT molecular complexity index is 2090. The van der Waals surface area contributed by atoms with Crippen LogP contribution in [0.25, 0.3) is 12.3 Å². The van der Waals surface area contributed by atoms with E-state index in [1.807, 2.05) is 0 Å². The Kier molecular flexibility index (Phi) is 27.3. The zero-order chi connectivity index (χ0) is 58.2. The van der Waals surface area contributed by atoms with E-state index < -0.39 is 35.9 Å². The Morgan fingerprint density at radius 2 is 0.880 bits per heavy atom. The van der Waals surface area contributed by atoms with Gasteiger partial charge in [-0.25, -0.2) is 9.59 Å². The Morgan fingerprint density at radius 1 is 0.506 bits per heavy atom. The van der Waals surface area contributed by atoms with E-state index in [1.165, 1.54) is 114 Å². The molecular weight excluding hydrogens is 1230 g/mol. The summed E-state index contributed by atoms with van der Waals surface area (Å²) in [6.07, 6.45) is 30.0. The van der Waals surface area contributed by atoms with Gasteiger partial charge in [-0.15, -0.1) is 0 Å². The predicted molar refractivity (Wildman–Crippen MR) is 323 cm³/mol. The van der Waals surface area contributed by atoms with Crippen LogP contribution >= 0.6 is 0 Å². The molecule has 10 N–H and O–H groups in total. The van der Waals surface area contributed by atoms with Crippen LogP contribution in [-0.2, 0) is 49.7 Å². The molecule has 16 nitrogen and oxygen atoms in total. The fourth-order valence-electron chi connectivity index (χ4n) is 18.9. The minimum Gasteiger partial charge on any atom is -0.693 e. The van der Waals surface area contributed by atoms with Crippen LogP contribution in [0.3, 0.4) is 0 Å². The van der Waals surface area contributed by atoms with Crippen molar-refractivity contribution in [1.29, 1.82) is 0 Å². The van der Waals surface area contributed by atoms with E-state index in [4.69, 9.17) is 19.7 Å². The molecule has 4 amide bonds. The van der Waals surface area contributed by atoms with Crippen molar-refractivity contribution in [3.8, 4) is 0 Å². The smallest absolute Gasteiger partial charge is 0.693 e. The van der Waals surface area contributed by atoms with E-state index in [1.54, 1.807) is 0 Å². The summed E-state index contributed by atoms with van der Waals surface area (Å²) in [6.45, 7) is 24.6. The van der Waals surface area contributed by atoms with Crippen LogP contribution in [0.1, 0.15) is 236 Å². The molecule has 0 saturated heterocycles. The largest absolute Gasteiger partial charge is 2.00 e. The van der Waals surface area contributed by atoms with E-state index in [-0.39, 0.29) is 95.4 Å². The number of carboxylic acids is 2. The summed E-state index contributed by atoms with van der Waals surface area (Å²) in [4.78, 5) is 69.2. The van der Waals surface area contributed by atoms with Crippen LogP contribution in [0.4, 0.5) is 9.59 Å². The average molecular weight is 1340 g/mol. The molecule has 6 unspecified atom stereocenters. The maximum Gasteiger partial charge on any atom is 2.00 e. The molecule has 0 aromatic carbocycles. The molecule has 17 heteroatoms. The van der Waals surface area contributed by atoms with E-state index in [0.29, 0.717) is 10.8 Å². The third-order valence-electron chi connectivity index (χ3n) is 23.2. The number of amides is 4. The zero-order valence-corrected chi connectivity index (χ0v) is 54.9. The van der Waals surface area contributed by atoms with Crippen LogP contribution in [0.5, 0.6) is 0 Å². The molecule has 8 aliphatic rings. The second-order valence-electron chi connectivity index (χ2n) is 28.8. The molecule has 0 spiro atoms. The maximum atomic E-state index is 12.4. The molecule has 0 radical (unpaired) electrons. The van der Waals surface area contributed by atoms with Gasteiger partial charge in [0.15, 0.2) is 0 Å². The van der Waals surface area contributed by atoms with E-state index in [0.717, 1.165) is 110 Å². The molecule has 476 valence electrons. The minimum absolute atomic E-state index is 0. The van der Waals surface area contributed by atoms with Gasteiger partial charge in [0.25, 0.3) is 0 Å². The fraction of sp³-hybridized carbons (Fsp3) is 0.848. The van der Waals surface area contributed by atoms with Gasteiger partial charge in [0.1, 0.15) is 12.2 Å². The third-order valence-corrected chi connectivity index (χ3v) is 23.2. The number of hydrogen-bond acceptors (Lipinski definition) is 8. The second-order valence-corrected chi connectivity index (χ2v) is 28.8. The number of nitrogens with two attached hydrogens (primary N) is 2. The van der Waals surface area contributed by atoms with Gasteiger partial charge in [0.2, 0.25) is 11.8 Å². The molecule has 0 aromatic rings. The number of allylic oxidation sites excluding steroid dienone is 2. The zero-order valence-electron chi connectivity index (χ0n) is 52.7. The summed E-state index contributed by atoms with van der Waals surface area (Å²) in [5.41, 5.74) is 4.36. The van der Waals surface area contributed by atoms with Gasteiger partial charge in [0.05, 0.1) is 26.2 Å². The number of fused-ring (bicyclic) bond motifs is 10. The number of rotatable bonds is 22. The number of ether oxygens (including phenoxy) is 2. The van der Waals surface area contributed by atoms with Gasteiger partial charge in [-0.05, 0) is 183 Å². The van der Waals surface area contributed by atoms with Crippen LogP contribution in [0.15, 0.2) is 23.3 Å². The molecular formula is C66H112N6O10Pt. The van der Waals surface area contributed by atoms with Crippen molar-refractivity contribution in [2.45, 2.75) is 248 Å². The molecule has 6 fully saturated rings. The molecule has 0 heterocycles. The first kappa shape index (κ1) is 72.0. The fourth-order valence-corrected chi connectivity index (χ4v) is 18.9. The quantitative estimate of drug-likeness (QED) is 0.0440. The van der Waals surface area contributed by atoms with E-state index in [2.05, 4.69) is 103 Å². The van der Waals surface area contributed by atoms with Crippen LogP contribution in [-0.4, -0.2) is 71.7 Å². The van der Waals surface area contributed by atoms with Crippen molar-refractivity contribution in [1.82, 2.24) is 21.3 Å². The molecule has 8 rings (SSSR count). The number of nitrogens with one attached hydrogen (secondary N) is 4. The van der Waals surface area contributed by atoms with Gasteiger partial charge in [0, 0.05) is 25.7 Å². The molecule has 0 bridgehead atoms. The van der Waals surface area contributed by atoms with Crippen LogP contribution < -0.4 is 21.3 Å². The summed E-state index contributed by atoms with van der Waals surface area (Å²) in [7, 11) is 0. The monoisotopic (exact) mass is 1340 g/mol. The summed E-state index contributed by atoms with van der Waals surface area (Å²) < 4.78 is 11.5. The SMILES string of the molecule is CC(C)CCC[C@@H](C)[C@H]1CCC2C3CC=C4C[C@@H](OC(=O)NCNC(=O)CCC(=O)O)CC[C@]4(C)C3CC[C@@]21C.CC(C)CCC[C@H](C)[C@@H]1CCC2C3CC=C4C[C@H](OC(=O)NCNC(=O)CCC(=O)O)CC[C@@]4(C)C3CC[C@]21C.[NH2-].[NH2-].[Pt+2]. The Balaban J connectivity index is 0.000000344.